The van der Waals surface area contributed by atoms with Crippen molar-refractivity contribution in [1.82, 2.24) is 0 Å². The van der Waals surface area contributed by atoms with E-state index in [4.69, 9.17) is 24.1 Å². The van der Waals surface area contributed by atoms with Crippen LogP contribution in [-0.4, -0.2) is 45.6 Å². The molecule has 1 rings (SSSR count). The average Bonchev–Trinajstić information content (AvgIpc) is 2.55. The van der Waals surface area contributed by atoms with Crippen LogP contribution in [0.25, 0.3) is 0 Å². The summed E-state index contributed by atoms with van der Waals surface area (Å²) in [7, 11) is 4.35. The molecule has 0 amide bonds. The molecule has 0 saturated heterocycles. The average molecular weight is 308 g/mol. The predicted molar refractivity (Wildman–Crippen MR) is 80.6 cm³/mol. The maximum atomic E-state index is 12.2. The first-order valence-corrected chi connectivity index (χ1v) is 6.74. The van der Waals surface area contributed by atoms with Crippen molar-refractivity contribution >= 4 is 5.97 Å². The maximum Gasteiger partial charge on any atom is 0.339 e. The lowest BCUT2D eigenvalue weighted by molar-refractivity contribution is 0.0504. The molecule has 0 bridgehead atoms. The lowest BCUT2D eigenvalue weighted by Gasteiger charge is -2.16. The van der Waals surface area contributed by atoms with E-state index in [1.165, 1.54) is 27.4 Å². The molecule has 120 valence electrons. The molecule has 0 spiro atoms. The minimum atomic E-state index is -0.539. The van der Waals surface area contributed by atoms with Gasteiger partial charge in [0.15, 0.2) is 11.5 Å². The zero-order valence-corrected chi connectivity index (χ0v) is 13.2. The van der Waals surface area contributed by atoms with Crippen LogP contribution < -0.4 is 14.2 Å². The van der Waals surface area contributed by atoms with Gasteiger partial charge in [-0.15, -0.1) is 0 Å². The highest BCUT2D eigenvalue weighted by Crippen LogP contribution is 2.41. The number of carbonyl (C=O) groups excluding carboxylic acids is 1. The molecule has 1 aromatic rings. The number of benzene rings is 1. The standard InChI is InChI=1S/C16H20O6/c1-5-9-22-16(18)12-10-13(19-2)15(21-4)14(20-3)11(12)7-6-8-17/h10,17H,5,8-9H2,1-4H3. The van der Waals surface area contributed by atoms with E-state index >= 15 is 0 Å². The predicted octanol–water partition coefficient (Wildman–Crippen LogP) is 1.62. The summed E-state index contributed by atoms with van der Waals surface area (Å²) in [5, 5.41) is 8.90. The number of hydrogen-bond acceptors (Lipinski definition) is 6. The van der Waals surface area contributed by atoms with Gasteiger partial charge in [-0.1, -0.05) is 18.8 Å². The summed E-state index contributed by atoms with van der Waals surface area (Å²) in [6, 6.07) is 1.49. The van der Waals surface area contributed by atoms with Gasteiger partial charge >= 0.3 is 5.97 Å². The summed E-state index contributed by atoms with van der Waals surface area (Å²) in [5.74, 6) is 5.57. The molecule has 0 atom stereocenters. The molecule has 0 fully saturated rings. The summed E-state index contributed by atoms with van der Waals surface area (Å²) in [5.41, 5.74) is 0.485. The normalized spacial score (nSPS) is 9.50. The molecule has 0 radical (unpaired) electrons. The highest BCUT2D eigenvalue weighted by atomic mass is 16.5. The molecule has 0 aliphatic carbocycles. The van der Waals surface area contributed by atoms with Crippen LogP contribution in [0.3, 0.4) is 0 Å². The fraction of sp³-hybridized carbons (Fsp3) is 0.438. The number of aliphatic hydroxyl groups excluding tert-OH is 1. The Morgan fingerprint density at radius 1 is 1.18 bits per heavy atom. The van der Waals surface area contributed by atoms with Crippen molar-refractivity contribution in [2.75, 3.05) is 34.5 Å². The van der Waals surface area contributed by atoms with Gasteiger partial charge in [-0.2, -0.15) is 0 Å². The van der Waals surface area contributed by atoms with E-state index in [0.29, 0.717) is 24.5 Å². The Labute approximate surface area is 129 Å². The molecule has 6 heteroatoms. The second-order valence-corrected chi connectivity index (χ2v) is 4.16. The lowest BCUT2D eigenvalue weighted by atomic mass is 10.0. The topological polar surface area (TPSA) is 74.2 Å². The third-order valence-electron chi connectivity index (χ3n) is 2.78. The quantitative estimate of drug-likeness (QED) is 0.636. The first-order chi connectivity index (χ1) is 10.6. The molecule has 6 nitrogen and oxygen atoms in total. The summed E-state index contributed by atoms with van der Waals surface area (Å²) < 4.78 is 20.9. The van der Waals surface area contributed by atoms with E-state index in [2.05, 4.69) is 11.8 Å². The maximum absolute atomic E-state index is 12.2. The third kappa shape index (κ3) is 3.83. The van der Waals surface area contributed by atoms with Gasteiger partial charge < -0.3 is 24.1 Å². The fourth-order valence-electron chi connectivity index (χ4n) is 1.84. The van der Waals surface area contributed by atoms with E-state index in [1.54, 1.807) is 0 Å². The van der Waals surface area contributed by atoms with Crippen molar-refractivity contribution in [2.24, 2.45) is 0 Å². The van der Waals surface area contributed by atoms with Crippen molar-refractivity contribution in [3.63, 3.8) is 0 Å². The Kier molecular flexibility index (Phi) is 7.06. The Bertz CT molecular complexity index is 583. The van der Waals surface area contributed by atoms with E-state index < -0.39 is 5.97 Å². The van der Waals surface area contributed by atoms with Gasteiger partial charge in [0.25, 0.3) is 0 Å². The lowest BCUT2D eigenvalue weighted by Crippen LogP contribution is -2.10. The van der Waals surface area contributed by atoms with Crippen LogP contribution in [0, 0.1) is 11.8 Å². The Morgan fingerprint density at radius 3 is 2.36 bits per heavy atom. The first-order valence-electron chi connectivity index (χ1n) is 6.74. The molecule has 0 aromatic heterocycles. The Hall–Kier alpha value is -2.39. The van der Waals surface area contributed by atoms with Crippen molar-refractivity contribution in [3.8, 4) is 29.1 Å². The number of ether oxygens (including phenoxy) is 4. The summed E-state index contributed by atoms with van der Waals surface area (Å²) in [6.45, 7) is 1.85. The van der Waals surface area contributed by atoms with Crippen LogP contribution in [0.5, 0.6) is 17.2 Å². The molecular formula is C16H20O6. The number of methoxy groups -OCH3 is 3. The van der Waals surface area contributed by atoms with Crippen molar-refractivity contribution in [2.45, 2.75) is 13.3 Å². The van der Waals surface area contributed by atoms with Crippen LogP contribution in [0.1, 0.15) is 29.3 Å². The number of hydrogen-bond donors (Lipinski definition) is 1. The van der Waals surface area contributed by atoms with Crippen LogP contribution in [0.15, 0.2) is 6.07 Å². The van der Waals surface area contributed by atoms with E-state index in [9.17, 15) is 4.79 Å². The van der Waals surface area contributed by atoms with Crippen molar-refractivity contribution in [3.05, 3.63) is 17.2 Å². The minimum Gasteiger partial charge on any atom is -0.493 e. The monoisotopic (exact) mass is 308 g/mol. The SMILES string of the molecule is CCCOC(=O)c1cc(OC)c(OC)c(OC)c1C#CCO. The zero-order chi connectivity index (χ0) is 16.5. The van der Waals surface area contributed by atoms with Crippen molar-refractivity contribution < 1.29 is 28.8 Å². The molecule has 0 saturated carbocycles. The first kappa shape index (κ1) is 17.7. The zero-order valence-electron chi connectivity index (χ0n) is 13.2. The van der Waals surface area contributed by atoms with Crippen LogP contribution in [0.2, 0.25) is 0 Å². The summed E-state index contributed by atoms with van der Waals surface area (Å²) >= 11 is 0. The van der Waals surface area contributed by atoms with E-state index in [0.717, 1.165) is 0 Å². The van der Waals surface area contributed by atoms with E-state index in [-0.39, 0.29) is 23.5 Å². The van der Waals surface area contributed by atoms with Crippen LogP contribution in [0.4, 0.5) is 0 Å². The summed E-state index contributed by atoms with van der Waals surface area (Å²) in [6.07, 6.45) is 0.702. The van der Waals surface area contributed by atoms with Gasteiger partial charge in [0.05, 0.1) is 39.1 Å². The van der Waals surface area contributed by atoms with Crippen LogP contribution in [-0.2, 0) is 4.74 Å². The molecule has 0 aliphatic rings. The summed E-state index contributed by atoms with van der Waals surface area (Å²) in [4.78, 5) is 12.2. The van der Waals surface area contributed by atoms with Crippen LogP contribution >= 0.6 is 0 Å². The molecule has 1 aromatic carbocycles. The fourth-order valence-corrected chi connectivity index (χ4v) is 1.84. The highest BCUT2D eigenvalue weighted by molar-refractivity contribution is 5.95. The highest BCUT2D eigenvalue weighted by Gasteiger charge is 2.24. The molecule has 1 N–H and O–H groups in total. The number of rotatable bonds is 6. The van der Waals surface area contributed by atoms with Gasteiger partial charge in [0.2, 0.25) is 5.75 Å². The molecule has 0 aliphatic heterocycles. The van der Waals surface area contributed by atoms with Gasteiger partial charge in [0, 0.05) is 6.07 Å². The van der Waals surface area contributed by atoms with E-state index in [1.807, 2.05) is 6.92 Å². The minimum absolute atomic E-state index is 0.198. The second-order valence-electron chi connectivity index (χ2n) is 4.16. The van der Waals surface area contributed by atoms with Gasteiger partial charge in [0.1, 0.15) is 6.61 Å². The second kappa shape index (κ2) is 8.80. The van der Waals surface area contributed by atoms with Crippen molar-refractivity contribution in [1.29, 1.82) is 0 Å². The number of esters is 1. The Morgan fingerprint density at radius 2 is 1.86 bits per heavy atom. The smallest absolute Gasteiger partial charge is 0.339 e. The molecule has 0 unspecified atom stereocenters. The molecular weight excluding hydrogens is 288 g/mol. The molecule has 22 heavy (non-hydrogen) atoms. The Balaban J connectivity index is 3.54. The largest absolute Gasteiger partial charge is 0.493 e. The number of carbonyl (C=O) groups is 1. The van der Waals surface area contributed by atoms with Gasteiger partial charge in [-0.05, 0) is 6.42 Å². The third-order valence-corrected chi connectivity index (χ3v) is 2.78. The van der Waals surface area contributed by atoms with Gasteiger partial charge in [-0.3, -0.25) is 0 Å². The molecule has 0 heterocycles. The van der Waals surface area contributed by atoms with Gasteiger partial charge in [-0.25, -0.2) is 4.79 Å². The number of aliphatic hydroxyl groups is 1.